The number of hydrogen-bond acceptors (Lipinski definition) is 4. The van der Waals surface area contributed by atoms with Crippen molar-refractivity contribution in [1.29, 1.82) is 5.26 Å². The number of carbonyl (C=O) groups is 1. The van der Waals surface area contributed by atoms with Gasteiger partial charge in [0.1, 0.15) is 16.3 Å². The van der Waals surface area contributed by atoms with Crippen molar-refractivity contribution in [3.05, 3.63) is 23.9 Å². The first-order valence-electron chi connectivity index (χ1n) is 4.81. The topological polar surface area (TPSA) is 74.0 Å². The Morgan fingerprint density at radius 2 is 2.31 bits per heavy atom. The number of nitrogens with zero attached hydrogens (tertiary/aromatic N) is 2. The summed E-state index contributed by atoms with van der Waals surface area (Å²) >= 11 is 1.12. The molecular formula is C11H12N2O2S. The van der Waals surface area contributed by atoms with Crippen LogP contribution in [-0.4, -0.2) is 21.3 Å². The van der Waals surface area contributed by atoms with Gasteiger partial charge in [-0.05, 0) is 18.1 Å². The molecule has 1 aromatic heterocycles. The van der Waals surface area contributed by atoms with E-state index in [1.807, 2.05) is 19.9 Å². The molecule has 1 aromatic rings. The Kier molecular flexibility index (Phi) is 4.32. The lowest BCUT2D eigenvalue weighted by atomic mass is 10.1. The van der Waals surface area contributed by atoms with Crippen LogP contribution in [0.15, 0.2) is 23.4 Å². The predicted octanol–water partition coefficient (Wildman–Crippen LogP) is 2.15. The van der Waals surface area contributed by atoms with Gasteiger partial charge in [0.25, 0.3) is 0 Å². The molecule has 1 N–H and O–H groups in total. The number of rotatable bonds is 4. The summed E-state index contributed by atoms with van der Waals surface area (Å²) in [6.45, 7) is 3.67. The van der Waals surface area contributed by atoms with Gasteiger partial charge in [0, 0.05) is 6.20 Å². The highest BCUT2D eigenvalue weighted by Gasteiger charge is 2.24. The van der Waals surface area contributed by atoms with Crippen molar-refractivity contribution in [2.75, 3.05) is 0 Å². The van der Waals surface area contributed by atoms with Crippen LogP contribution in [0.2, 0.25) is 0 Å². The van der Waals surface area contributed by atoms with Crippen molar-refractivity contribution < 1.29 is 9.90 Å². The van der Waals surface area contributed by atoms with Crippen LogP contribution in [0.1, 0.15) is 19.4 Å². The summed E-state index contributed by atoms with van der Waals surface area (Å²) in [5.41, 5.74) is 0.416. The van der Waals surface area contributed by atoms with Crippen LogP contribution in [0, 0.1) is 17.2 Å². The summed E-state index contributed by atoms with van der Waals surface area (Å²) in [7, 11) is 0. The van der Waals surface area contributed by atoms with E-state index in [0.717, 1.165) is 11.8 Å². The maximum atomic E-state index is 11.0. The smallest absolute Gasteiger partial charge is 0.317 e. The average molecular weight is 236 g/mol. The first kappa shape index (κ1) is 12.5. The fourth-order valence-corrected chi connectivity index (χ4v) is 2.14. The highest BCUT2D eigenvalue weighted by atomic mass is 32.2. The molecule has 1 atom stereocenters. The van der Waals surface area contributed by atoms with Gasteiger partial charge in [0.2, 0.25) is 0 Å². The molecule has 84 valence electrons. The molecule has 0 bridgehead atoms. The Balaban J connectivity index is 2.94. The second-order valence-corrected chi connectivity index (χ2v) is 4.72. The molecule has 0 saturated carbocycles. The fourth-order valence-electron chi connectivity index (χ4n) is 1.16. The fraction of sp³-hybridized carbons (Fsp3) is 0.364. The number of carboxylic acids is 1. The first-order valence-corrected chi connectivity index (χ1v) is 5.68. The maximum Gasteiger partial charge on any atom is 0.317 e. The number of nitriles is 1. The van der Waals surface area contributed by atoms with Crippen molar-refractivity contribution in [2.24, 2.45) is 5.92 Å². The van der Waals surface area contributed by atoms with E-state index in [0.29, 0.717) is 10.6 Å². The van der Waals surface area contributed by atoms with Crippen LogP contribution < -0.4 is 0 Å². The molecule has 16 heavy (non-hydrogen) atoms. The molecule has 0 aromatic carbocycles. The van der Waals surface area contributed by atoms with E-state index in [4.69, 9.17) is 10.4 Å². The number of hydrogen-bond donors (Lipinski definition) is 1. The van der Waals surface area contributed by atoms with Crippen molar-refractivity contribution in [1.82, 2.24) is 4.98 Å². The molecule has 5 heteroatoms. The lowest BCUT2D eigenvalue weighted by Gasteiger charge is -2.15. The van der Waals surface area contributed by atoms with Crippen LogP contribution >= 0.6 is 11.8 Å². The van der Waals surface area contributed by atoms with Crippen LogP contribution in [-0.2, 0) is 4.79 Å². The quantitative estimate of drug-likeness (QED) is 0.811. The lowest BCUT2D eigenvalue weighted by Crippen LogP contribution is -2.22. The summed E-state index contributed by atoms with van der Waals surface area (Å²) in [6.07, 6.45) is 1.56. The van der Waals surface area contributed by atoms with Crippen molar-refractivity contribution >= 4 is 17.7 Å². The number of carboxylic acid groups (broad SMARTS) is 1. The van der Waals surface area contributed by atoms with Gasteiger partial charge in [-0.25, -0.2) is 4.98 Å². The maximum absolute atomic E-state index is 11.0. The van der Waals surface area contributed by atoms with Crippen molar-refractivity contribution in [2.45, 2.75) is 24.1 Å². The molecule has 1 rings (SSSR count). The average Bonchev–Trinajstić information content (AvgIpc) is 2.25. The molecule has 0 radical (unpaired) electrons. The summed E-state index contributed by atoms with van der Waals surface area (Å²) in [4.78, 5) is 15.0. The first-order chi connectivity index (χ1) is 7.56. The SMILES string of the molecule is CC(C)C(Sc1ncccc1C#N)C(=O)O. The Labute approximate surface area is 98.3 Å². The van der Waals surface area contributed by atoms with Crippen molar-refractivity contribution in [3.63, 3.8) is 0 Å². The summed E-state index contributed by atoms with van der Waals surface area (Å²) < 4.78 is 0. The van der Waals surface area contributed by atoms with E-state index in [1.165, 1.54) is 0 Å². The summed E-state index contributed by atoms with van der Waals surface area (Å²) in [6, 6.07) is 5.30. The minimum Gasteiger partial charge on any atom is -0.480 e. The highest BCUT2D eigenvalue weighted by molar-refractivity contribution is 8.00. The molecule has 0 fully saturated rings. The Hall–Kier alpha value is -1.54. The van der Waals surface area contributed by atoms with E-state index in [2.05, 4.69) is 4.98 Å². The summed E-state index contributed by atoms with van der Waals surface area (Å²) in [5.74, 6) is -0.898. The van der Waals surface area contributed by atoms with E-state index in [1.54, 1.807) is 18.3 Å². The van der Waals surface area contributed by atoms with Gasteiger partial charge in [0.05, 0.1) is 5.56 Å². The van der Waals surface area contributed by atoms with Gasteiger partial charge >= 0.3 is 5.97 Å². The minimum absolute atomic E-state index is 0.0175. The number of pyridine rings is 1. The molecule has 4 nitrogen and oxygen atoms in total. The Morgan fingerprint density at radius 1 is 1.62 bits per heavy atom. The normalized spacial score (nSPS) is 12.1. The van der Waals surface area contributed by atoms with Crippen LogP contribution in [0.5, 0.6) is 0 Å². The standard InChI is InChI=1S/C11H12N2O2S/c1-7(2)9(11(14)15)16-10-8(6-12)4-3-5-13-10/h3-5,7,9H,1-2H3,(H,14,15). The second-order valence-electron chi connectivity index (χ2n) is 3.59. The molecule has 0 aliphatic carbocycles. The van der Waals surface area contributed by atoms with E-state index in [9.17, 15) is 4.79 Å². The van der Waals surface area contributed by atoms with Gasteiger partial charge < -0.3 is 5.11 Å². The Morgan fingerprint density at radius 3 is 2.81 bits per heavy atom. The van der Waals surface area contributed by atoms with E-state index < -0.39 is 11.2 Å². The Bertz CT molecular complexity index is 426. The zero-order valence-corrected chi connectivity index (χ0v) is 9.86. The number of aromatic nitrogens is 1. The third-order valence-electron chi connectivity index (χ3n) is 1.98. The molecule has 1 heterocycles. The predicted molar refractivity (Wildman–Crippen MR) is 61.1 cm³/mol. The molecule has 0 aliphatic rings. The van der Waals surface area contributed by atoms with Gasteiger partial charge in [0.15, 0.2) is 0 Å². The summed E-state index contributed by atoms with van der Waals surface area (Å²) in [5, 5.41) is 17.8. The van der Waals surface area contributed by atoms with E-state index in [-0.39, 0.29) is 5.92 Å². The van der Waals surface area contributed by atoms with Crippen LogP contribution in [0.3, 0.4) is 0 Å². The van der Waals surface area contributed by atoms with Crippen LogP contribution in [0.4, 0.5) is 0 Å². The van der Waals surface area contributed by atoms with E-state index >= 15 is 0 Å². The van der Waals surface area contributed by atoms with Gasteiger partial charge in [-0.3, -0.25) is 4.79 Å². The molecule has 0 amide bonds. The molecule has 0 saturated heterocycles. The zero-order valence-electron chi connectivity index (χ0n) is 9.04. The minimum atomic E-state index is -0.880. The second kappa shape index (κ2) is 5.52. The van der Waals surface area contributed by atoms with Gasteiger partial charge in [-0.15, -0.1) is 0 Å². The lowest BCUT2D eigenvalue weighted by molar-refractivity contribution is -0.137. The number of aliphatic carboxylic acids is 1. The molecular weight excluding hydrogens is 224 g/mol. The molecule has 0 aliphatic heterocycles. The van der Waals surface area contributed by atoms with Gasteiger partial charge in [-0.1, -0.05) is 25.6 Å². The third kappa shape index (κ3) is 2.97. The largest absolute Gasteiger partial charge is 0.480 e. The molecule has 1 unspecified atom stereocenters. The zero-order chi connectivity index (χ0) is 12.1. The third-order valence-corrected chi connectivity index (χ3v) is 3.53. The highest BCUT2D eigenvalue weighted by Crippen LogP contribution is 2.28. The van der Waals surface area contributed by atoms with Gasteiger partial charge in [-0.2, -0.15) is 5.26 Å². The monoisotopic (exact) mass is 236 g/mol. The molecule has 0 spiro atoms. The number of thioether (sulfide) groups is 1. The van der Waals surface area contributed by atoms with Crippen LogP contribution in [0.25, 0.3) is 0 Å². The van der Waals surface area contributed by atoms with Crippen molar-refractivity contribution in [3.8, 4) is 6.07 Å².